The van der Waals surface area contributed by atoms with Crippen molar-refractivity contribution in [2.24, 2.45) is 0 Å². The van der Waals surface area contributed by atoms with Crippen LogP contribution >= 0.6 is 0 Å². The van der Waals surface area contributed by atoms with Gasteiger partial charge in [-0.25, -0.2) is 12.8 Å². The van der Waals surface area contributed by atoms with Crippen LogP contribution in [0.3, 0.4) is 0 Å². The molecule has 9 heteroatoms. The van der Waals surface area contributed by atoms with E-state index in [0.717, 1.165) is 24.3 Å². The van der Waals surface area contributed by atoms with Crippen LogP contribution in [0.4, 0.5) is 15.8 Å². The van der Waals surface area contributed by atoms with Crippen LogP contribution in [0.1, 0.15) is 0 Å². The number of hydrogen-bond donors (Lipinski definition) is 1. The second-order valence-electron chi connectivity index (χ2n) is 4.18. The minimum Gasteiger partial charge on any atom is -0.490 e. The first-order chi connectivity index (χ1) is 10.3. The number of benzene rings is 2. The fraction of sp³-hybridized carbons (Fsp3) is 0.0769. The normalized spacial score (nSPS) is 11.0. The smallest absolute Gasteiger partial charge is 0.312 e. The molecule has 0 amide bonds. The number of nitrogens with one attached hydrogen (secondary N) is 1. The third-order valence-corrected chi connectivity index (χ3v) is 4.14. The topological polar surface area (TPSA) is 98.5 Å². The van der Waals surface area contributed by atoms with Crippen LogP contribution in [0.15, 0.2) is 47.4 Å². The molecule has 0 radical (unpaired) electrons. The van der Waals surface area contributed by atoms with Crippen LogP contribution in [0.25, 0.3) is 0 Å². The van der Waals surface area contributed by atoms with Crippen LogP contribution in [0, 0.1) is 15.9 Å². The van der Waals surface area contributed by atoms with Gasteiger partial charge in [-0.05, 0) is 24.3 Å². The van der Waals surface area contributed by atoms with E-state index in [1.807, 2.05) is 4.72 Å². The predicted octanol–water partition coefficient (Wildman–Crippen LogP) is 2.54. The van der Waals surface area contributed by atoms with Crippen molar-refractivity contribution in [1.82, 2.24) is 0 Å². The highest BCUT2D eigenvalue weighted by atomic mass is 32.2. The molecule has 0 fully saturated rings. The summed E-state index contributed by atoms with van der Waals surface area (Å²) in [4.78, 5) is 9.79. The van der Waals surface area contributed by atoms with E-state index in [9.17, 15) is 22.9 Å². The molecule has 2 aromatic carbocycles. The SMILES string of the molecule is COc1ccc(S(=O)(=O)Nc2ccccc2F)cc1[N+](=O)[O-]. The van der Waals surface area contributed by atoms with E-state index < -0.39 is 26.5 Å². The zero-order chi connectivity index (χ0) is 16.3. The Kier molecular flexibility index (Phi) is 4.27. The van der Waals surface area contributed by atoms with Crippen molar-refractivity contribution >= 4 is 21.4 Å². The second kappa shape index (κ2) is 5.98. The number of hydrogen-bond acceptors (Lipinski definition) is 5. The minimum absolute atomic E-state index is 0.0742. The molecule has 22 heavy (non-hydrogen) atoms. The average molecular weight is 326 g/mol. The molecule has 0 saturated carbocycles. The summed E-state index contributed by atoms with van der Waals surface area (Å²) in [5.41, 5.74) is -0.750. The highest BCUT2D eigenvalue weighted by Gasteiger charge is 2.22. The van der Waals surface area contributed by atoms with Crippen molar-refractivity contribution in [2.45, 2.75) is 4.90 Å². The Bertz CT molecular complexity index is 823. The van der Waals surface area contributed by atoms with Crippen LogP contribution in [0.2, 0.25) is 0 Å². The number of para-hydroxylation sites is 1. The van der Waals surface area contributed by atoms with Gasteiger partial charge in [-0.15, -0.1) is 0 Å². The standard InChI is InChI=1S/C13H11FN2O5S/c1-21-13-7-6-9(8-12(13)16(17)18)22(19,20)15-11-5-3-2-4-10(11)14/h2-8,15H,1H3. The number of methoxy groups -OCH3 is 1. The van der Waals surface area contributed by atoms with Crippen molar-refractivity contribution in [3.63, 3.8) is 0 Å². The monoisotopic (exact) mass is 326 g/mol. The molecule has 0 bridgehead atoms. The molecule has 0 spiro atoms. The lowest BCUT2D eigenvalue weighted by molar-refractivity contribution is -0.386. The van der Waals surface area contributed by atoms with Gasteiger partial charge in [0.05, 0.1) is 22.6 Å². The molecular formula is C13H11FN2O5S. The Hall–Kier alpha value is -2.68. The summed E-state index contributed by atoms with van der Waals surface area (Å²) in [7, 11) is -2.94. The highest BCUT2D eigenvalue weighted by Crippen LogP contribution is 2.30. The van der Waals surface area contributed by atoms with Gasteiger partial charge in [0.15, 0.2) is 5.75 Å². The Morgan fingerprint density at radius 1 is 1.23 bits per heavy atom. The third-order valence-electron chi connectivity index (χ3n) is 2.78. The zero-order valence-electron chi connectivity index (χ0n) is 11.3. The Balaban J connectivity index is 2.44. The first kappa shape index (κ1) is 15.7. The Morgan fingerprint density at radius 2 is 1.91 bits per heavy atom. The van der Waals surface area contributed by atoms with Crippen molar-refractivity contribution in [3.8, 4) is 5.75 Å². The van der Waals surface area contributed by atoms with Gasteiger partial charge in [0.2, 0.25) is 0 Å². The largest absolute Gasteiger partial charge is 0.490 e. The maximum atomic E-state index is 13.5. The fourth-order valence-corrected chi connectivity index (χ4v) is 2.81. The maximum absolute atomic E-state index is 13.5. The quantitative estimate of drug-likeness (QED) is 0.672. The molecular weight excluding hydrogens is 315 g/mol. The maximum Gasteiger partial charge on any atom is 0.312 e. The van der Waals surface area contributed by atoms with Crippen molar-refractivity contribution in [2.75, 3.05) is 11.8 Å². The molecule has 116 valence electrons. The summed E-state index contributed by atoms with van der Waals surface area (Å²) in [6.07, 6.45) is 0. The molecule has 1 N–H and O–H groups in total. The average Bonchev–Trinajstić information content (AvgIpc) is 2.48. The molecule has 0 aliphatic carbocycles. The second-order valence-corrected chi connectivity index (χ2v) is 5.86. The van der Waals surface area contributed by atoms with Gasteiger partial charge < -0.3 is 4.74 Å². The van der Waals surface area contributed by atoms with Gasteiger partial charge in [0.1, 0.15) is 5.82 Å². The first-order valence-electron chi connectivity index (χ1n) is 5.95. The van der Waals surface area contributed by atoms with Gasteiger partial charge in [0.25, 0.3) is 10.0 Å². The third kappa shape index (κ3) is 3.14. The number of nitro groups is 1. The van der Waals surface area contributed by atoms with E-state index in [-0.39, 0.29) is 16.3 Å². The van der Waals surface area contributed by atoms with Crippen molar-refractivity contribution in [3.05, 3.63) is 58.4 Å². The molecule has 2 rings (SSSR count). The van der Waals surface area contributed by atoms with E-state index in [1.165, 1.54) is 25.3 Å². The van der Waals surface area contributed by atoms with Gasteiger partial charge in [0, 0.05) is 6.07 Å². The van der Waals surface area contributed by atoms with Crippen LogP contribution in [-0.2, 0) is 10.0 Å². The molecule has 0 aromatic heterocycles. The zero-order valence-corrected chi connectivity index (χ0v) is 12.1. The Morgan fingerprint density at radius 3 is 2.50 bits per heavy atom. The summed E-state index contributed by atoms with van der Waals surface area (Å²) >= 11 is 0. The van der Waals surface area contributed by atoms with Gasteiger partial charge in [-0.3, -0.25) is 14.8 Å². The summed E-state index contributed by atoms with van der Waals surface area (Å²) in [5.74, 6) is -0.830. The van der Waals surface area contributed by atoms with Gasteiger partial charge in [-0.2, -0.15) is 0 Å². The molecule has 0 saturated heterocycles. The number of nitrogens with zero attached hydrogens (tertiary/aromatic N) is 1. The lowest BCUT2D eigenvalue weighted by atomic mass is 10.3. The summed E-state index contributed by atoms with van der Waals surface area (Å²) < 4.78 is 44.7. The van der Waals surface area contributed by atoms with Gasteiger partial charge >= 0.3 is 5.69 Å². The number of anilines is 1. The van der Waals surface area contributed by atoms with Crippen LogP contribution in [0.5, 0.6) is 5.75 Å². The van der Waals surface area contributed by atoms with Crippen LogP contribution < -0.4 is 9.46 Å². The minimum atomic E-state index is -4.17. The van der Waals surface area contributed by atoms with Crippen molar-refractivity contribution < 1.29 is 22.5 Å². The molecule has 0 unspecified atom stereocenters. The summed E-state index contributed by atoms with van der Waals surface area (Å²) in [6, 6.07) is 8.34. The Labute approximate surface area is 125 Å². The van der Waals surface area contributed by atoms with E-state index in [2.05, 4.69) is 0 Å². The number of ether oxygens (including phenoxy) is 1. The summed E-state index contributed by atoms with van der Waals surface area (Å²) in [6.45, 7) is 0. The van der Waals surface area contributed by atoms with E-state index in [4.69, 9.17) is 4.74 Å². The predicted molar refractivity (Wildman–Crippen MR) is 76.9 cm³/mol. The molecule has 0 atom stereocenters. The van der Waals surface area contributed by atoms with Gasteiger partial charge in [-0.1, -0.05) is 12.1 Å². The lowest BCUT2D eigenvalue weighted by Crippen LogP contribution is -2.14. The lowest BCUT2D eigenvalue weighted by Gasteiger charge is -2.09. The molecule has 7 nitrogen and oxygen atoms in total. The number of sulfonamides is 1. The molecule has 0 heterocycles. The number of nitro benzene ring substituents is 1. The number of rotatable bonds is 5. The fourth-order valence-electron chi connectivity index (χ4n) is 1.73. The number of halogens is 1. The van der Waals surface area contributed by atoms with Crippen molar-refractivity contribution in [1.29, 1.82) is 0 Å². The van der Waals surface area contributed by atoms with E-state index in [0.29, 0.717) is 0 Å². The molecule has 0 aliphatic rings. The summed E-state index contributed by atoms with van der Waals surface area (Å²) in [5, 5.41) is 10.9. The highest BCUT2D eigenvalue weighted by molar-refractivity contribution is 7.92. The molecule has 2 aromatic rings. The molecule has 0 aliphatic heterocycles. The van der Waals surface area contributed by atoms with Crippen LogP contribution in [-0.4, -0.2) is 20.5 Å². The van der Waals surface area contributed by atoms with E-state index >= 15 is 0 Å². The van der Waals surface area contributed by atoms with E-state index in [1.54, 1.807) is 0 Å². The first-order valence-corrected chi connectivity index (χ1v) is 7.43.